The van der Waals surface area contributed by atoms with Gasteiger partial charge in [-0.25, -0.2) is 4.79 Å². The number of carboxylic acid groups (broad SMARTS) is 1. The number of ether oxygens (including phenoxy) is 1. The third-order valence-electron chi connectivity index (χ3n) is 4.84. The topological polar surface area (TPSA) is 125 Å². The molecule has 1 heterocycles. The number of carboxylic acids is 1. The van der Waals surface area contributed by atoms with Crippen LogP contribution in [-0.2, 0) is 19.1 Å². The molecule has 0 radical (unpaired) electrons. The SMILES string of the molecule is O=C[C@H](CC(=O)O)NC(=O)[C@H](CC1CCCC1)NC(=O)N1CCOCC1. The largest absolute Gasteiger partial charge is 0.481 e. The Morgan fingerprint density at radius 3 is 2.38 bits per heavy atom. The third kappa shape index (κ3) is 6.29. The Morgan fingerprint density at radius 2 is 1.81 bits per heavy atom. The van der Waals surface area contributed by atoms with Crippen molar-refractivity contribution < 1.29 is 29.0 Å². The lowest BCUT2D eigenvalue weighted by Gasteiger charge is -2.30. The molecule has 1 saturated heterocycles. The van der Waals surface area contributed by atoms with Gasteiger partial charge < -0.3 is 30.2 Å². The van der Waals surface area contributed by atoms with Gasteiger partial charge in [-0.05, 0) is 12.3 Å². The molecule has 0 spiro atoms. The molecular formula is C17H27N3O6. The van der Waals surface area contributed by atoms with E-state index in [4.69, 9.17) is 9.84 Å². The van der Waals surface area contributed by atoms with Gasteiger partial charge in [0.15, 0.2) is 0 Å². The summed E-state index contributed by atoms with van der Waals surface area (Å²) in [5.41, 5.74) is 0. The summed E-state index contributed by atoms with van der Waals surface area (Å²) in [6, 6.07) is -2.23. The number of amides is 3. The van der Waals surface area contributed by atoms with Gasteiger partial charge in [0.05, 0.1) is 25.7 Å². The first-order chi connectivity index (χ1) is 12.5. The molecule has 2 atom stereocenters. The highest BCUT2D eigenvalue weighted by molar-refractivity contribution is 5.89. The van der Waals surface area contributed by atoms with Crippen LogP contribution in [0, 0.1) is 5.92 Å². The molecule has 2 aliphatic rings. The van der Waals surface area contributed by atoms with Crippen LogP contribution < -0.4 is 10.6 Å². The van der Waals surface area contributed by atoms with Crippen molar-refractivity contribution in [3.63, 3.8) is 0 Å². The van der Waals surface area contributed by atoms with Gasteiger partial charge in [0.25, 0.3) is 0 Å². The number of nitrogens with zero attached hydrogens (tertiary/aromatic N) is 1. The lowest BCUT2D eigenvalue weighted by Crippen LogP contribution is -2.55. The van der Waals surface area contributed by atoms with Crippen LogP contribution in [0.15, 0.2) is 0 Å². The zero-order valence-corrected chi connectivity index (χ0v) is 14.8. The summed E-state index contributed by atoms with van der Waals surface area (Å²) in [4.78, 5) is 48.4. The Kier molecular flexibility index (Phi) is 7.83. The lowest BCUT2D eigenvalue weighted by molar-refractivity contribution is -0.139. The van der Waals surface area contributed by atoms with E-state index in [0.29, 0.717) is 44.9 Å². The molecule has 3 N–H and O–H groups in total. The summed E-state index contributed by atoms with van der Waals surface area (Å²) in [5.74, 6) is -1.35. The first kappa shape index (κ1) is 20.2. The lowest BCUT2D eigenvalue weighted by atomic mass is 9.97. The average Bonchev–Trinajstić information content (AvgIpc) is 3.13. The highest BCUT2D eigenvalue weighted by atomic mass is 16.5. The van der Waals surface area contributed by atoms with Crippen molar-refractivity contribution in [2.45, 2.75) is 50.6 Å². The number of morpholine rings is 1. The summed E-state index contributed by atoms with van der Waals surface area (Å²) < 4.78 is 5.22. The maximum Gasteiger partial charge on any atom is 0.318 e. The van der Waals surface area contributed by atoms with Crippen LogP contribution in [0.3, 0.4) is 0 Å². The Hall–Kier alpha value is -2.16. The van der Waals surface area contributed by atoms with E-state index in [0.717, 1.165) is 25.7 Å². The van der Waals surface area contributed by atoms with Crippen LogP contribution in [0.25, 0.3) is 0 Å². The van der Waals surface area contributed by atoms with Crippen LogP contribution in [0.5, 0.6) is 0 Å². The van der Waals surface area contributed by atoms with Crippen LogP contribution in [0.1, 0.15) is 38.5 Å². The first-order valence-electron chi connectivity index (χ1n) is 9.10. The molecule has 1 saturated carbocycles. The van der Waals surface area contributed by atoms with Gasteiger partial charge in [-0.3, -0.25) is 9.59 Å². The fourth-order valence-electron chi connectivity index (χ4n) is 3.42. The second kappa shape index (κ2) is 10.1. The molecule has 2 rings (SSSR count). The van der Waals surface area contributed by atoms with Crippen molar-refractivity contribution >= 4 is 24.2 Å². The molecule has 0 aromatic carbocycles. The van der Waals surface area contributed by atoms with Gasteiger partial charge >= 0.3 is 12.0 Å². The van der Waals surface area contributed by atoms with E-state index < -0.39 is 30.4 Å². The number of aliphatic carboxylic acids is 1. The van der Waals surface area contributed by atoms with E-state index in [1.807, 2.05) is 0 Å². The minimum Gasteiger partial charge on any atom is -0.481 e. The monoisotopic (exact) mass is 369 g/mol. The van der Waals surface area contributed by atoms with Crippen LogP contribution >= 0.6 is 0 Å². The fourth-order valence-corrected chi connectivity index (χ4v) is 3.42. The standard InChI is InChI=1S/C17H27N3O6/c21-11-13(10-15(22)23)18-16(24)14(9-12-3-1-2-4-12)19-17(25)20-5-7-26-8-6-20/h11-14H,1-10H2,(H,18,24)(H,19,25)(H,22,23)/t13-,14-/m0/s1. The molecule has 0 aromatic rings. The Morgan fingerprint density at radius 1 is 1.15 bits per heavy atom. The third-order valence-corrected chi connectivity index (χ3v) is 4.84. The van der Waals surface area contributed by atoms with E-state index in [2.05, 4.69) is 10.6 Å². The Balaban J connectivity index is 1.98. The van der Waals surface area contributed by atoms with Gasteiger partial charge in [-0.15, -0.1) is 0 Å². The minimum absolute atomic E-state index is 0.338. The summed E-state index contributed by atoms with van der Waals surface area (Å²) in [6.45, 7) is 1.83. The first-order valence-corrected chi connectivity index (χ1v) is 9.10. The molecular weight excluding hydrogens is 342 g/mol. The van der Waals surface area contributed by atoms with Crippen molar-refractivity contribution in [2.24, 2.45) is 5.92 Å². The summed E-state index contributed by atoms with van der Waals surface area (Å²) in [6.07, 6.45) is 4.62. The van der Waals surface area contributed by atoms with E-state index >= 15 is 0 Å². The number of hydrogen-bond donors (Lipinski definition) is 3. The van der Waals surface area contributed by atoms with Crippen LogP contribution in [0.2, 0.25) is 0 Å². The van der Waals surface area contributed by atoms with Crippen molar-refractivity contribution in [2.75, 3.05) is 26.3 Å². The number of aldehydes is 1. The predicted molar refractivity (Wildman–Crippen MR) is 91.5 cm³/mol. The molecule has 1 aliphatic heterocycles. The van der Waals surface area contributed by atoms with Gasteiger partial charge in [-0.1, -0.05) is 25.7 Å². The number of hydrogen-bond acceptors (Lipinski definition) is 5. The molecule has 146 valence electrons. The smallest absolute Gasteiger partial charge is 0.318 e. The quantitative estimate of drug-likeness (QED) is 0.523. The number of carbonyl (C=O) groups excluding carboxylic acids is 3. The van der Waals surface area contributed by atoms with E-state index in [1.54, 1.807) is 4.90 Å². The molecule has 2 fully saturated rings. The van der Waals surface area contributed by atoms with Crippen LogP contribution in [-0.4, -0.2) is 72.6 Å². The van der Waals surface area contributed by atoms with Gasteiger partial charge in [0.2, 0.25) is 5.91 Å². The van der Waals surface area contributed by atoms with Gasteiger partial charge in [-0.2, -0.15) is 0 Å². The molecule has 0 unspecified atom stereocenters. The predicted octanol–water partition coefficient (Wildman–Crippen LogP) is 0.136. The number of rotatable bonds is 8. The number of urea groups is 1. The van der Waals surface area contributed by atoms with E-state index in [9.17, 15) is 19.2 Å². The van der Waals surface area contributed by atoms with E-state index in [-0.39, 0.29) is 6.03 Å². The Labute approximate surface area is 152 Å². The molecule has 26 heavy (non-hydrogen) atoms. The van der Waals surface area contributed by atoms with Crippen molar-refractivity contribution in [1.82, 2.24) is 15.5 Å². The summed E-state index contributed by atoms with van der Waals surface area (Å²) in [7, 11) is 0. The second-order valence-corrected chi connectivity index (χ2v) is 6.84. The molecule has 0 aromatic heterocycles. The maximum atomic E-state index is 12.6. The van der Waals surface area contributed by atoms with Crippen molar-refractivity contribution in [1.29, 1.82) is 0 Å². The van der Waals surface area contributed by atoms with Crippen LogP contribution in [0.4, 0.5) is 4.79 Å². The molecule has 1 aliphatic carbocycles. The van der Waals surface area contributed by atoms with Crippen molar-refractivity contribution in [3.05, 3.63) is 0 Å². The zero-order valence-electron chi connectivity index (χ0n) is 14.8. The molecule has 9 heteroatoms. The zero-order chi connectivity index (χ0) is 18.9. The molecule has 0 bridgehead atoms. The summed E-state index contributed by atoms with van der Waals surface area (Å²) >= 11 is 0. The minimum atomic E-state index is -1.17. The maximum absolute atomic E-state index is 12.6. The second-order valence-electron chi connectivity index (χ2n) is 6.84. The normalized spacial score (nSPS) is 20.2. The van der Waals surface area contributed by atoms with E-state index in [1.165, 1.54) is 0 Å². The number of carbonyl (C=O) groups is 4. The van der Waals surface area contributed by atoms with Gasteiger partial charge in [0, 0.05) is 13.1 Å². The molecule has 9 nitrogen and oxygen atoms in total. The fraction of sp³-hybridized carbons (Fsp3) is 0.765. The van der Waals surface area contributed by atoms with Crippen molar-refractivity contribution in [3.8, 4) is 0 Å². The highest BCUT2D eigenvalue weighted by Crippen LogP contribution is 2.28. The average molecular weight is 369 g/mol. The van der Waals surface area contributed by atoms with Gasteiger partial charge in [0.1, 0.15) is 12.3 Å². The number of nitrogens with one attached hydrogen (secondary N) is 2. The summed E-state index contributed by atoms with van der Waals surface area (Å²) in [5, 5.41) is 14.0. The molecule has 3 amide bonds. The highest BCUT2D eigenvalue weighted by Gasteiger charge is 2.30. The Bertz CT molecular complexity index is 515.